The number of halogens is 1. The molecule has 0 N–H and O–H groups in total. The summed E-state index contributed by atoms with van der Waals surface area (Å²) < 4.78 is 0.905. The number of aromatic nitrogens is 2. The molecule has 0 saturated heterocycles. The van der Waals surface area contributed by atoms with Gasteiger partial charge in [-0.05, 0) is 22.6 Å². The molecule has 3 aromatic carbocycles. The molecule has 25 heavy (non-hydrogen) atoms. The summed E-state index contributed by atoms with van der Waals surface area (Å²) in [6.45, 7) is 0. The Hall–Kier alpha value is -2.53. The van der Waals surface area contributed by atoms with Crippen LogP contribution in [-0.2, 0) is 0 Å². The SMILES string of the molecule is Ic1nc(-c2ccccc2)c(-c2ccccc2)nc1-c1ccccc1. The zero-order chi connectivity index (χ0) is 17.1. The van der Waals surface area contributed by atoms with Gasteiger partial charge in [-0.2, -0.15) is 0 Å². The molecule has 2 nitrogen and oxygen atoms in total. The van der Waals surface area contributed by atoms with Crippen molar-refractivity contribution < 1.29 is 0 Å². The van der Waals surface area contributed by atoms with Crippen LogP contribution in [0.3, 0.4) is 0 Å². The lowest BCUT2D eigenvalue weighted by molar-refractivity contribution is 1.17. The summed E-state index contributed by atoms with van der Waals surface area (Å²) in [5, 5.41) is 0. The van der Waals surface area contributed by atoms with Crippen LogP contribution in [0.2, 0.25) is 0 Å². The fourth-order valence-corrected chi connectivity index (χ4v) is 3.46. The number of hydrogen-bond acceptors (Lipinski definition) is 2. The largest absolute Gasteiger partial charge is 0.243 e. The summed E-state index contributed by atoms with van der Waals surface area (Å²) in [6, 6.07) is 30.7. The van der Waals surface area contributed by atoms with Gasteiger partial charge in [-0.1, -0.05) is 91.0 Å². The molecular formula is C22H15IN2. The predicted octanol–water partition coefficient (Wildman–Crippen LogP) is 6.08. The smallest absolute Gasteiger partial charge is 0.128 e. The highest BCUT2D eigenvalue weighted by Crippen LogP contribution is 2.33. The van der Waals surface area contributed by atoms with E-state index in [1.807, 2.05) is 54.6 Å². The van der Waals surface area contributed by atoms with Gasteiger partial charge in [0.25, 0.3) is 0 Å². The summed E-state index contributed by atoms with van der Waals surface area (Å²) in [6.07, 6.45) is 0. The minimum atomic E-state index is 0.905. The first-order valence-electron chi connectivity index (χ1n) is 8.07. The van der Waals surface area contributed by atoms with E-state index in [2.05, 4.69) is 59.0 Å². The van der Waals surface area contributed by atoms with Crippen LogP contribution < -0.4 is 0 Å². The van der Waals surface area contributed by atoms with Gasteiger partial charge in [0.1, 0.15) is 9.39 Å². The molecule has 0 radical (unpaired) electrons. The van der Waals surface area contributed by atoms with Crippen molar-refractivity contribution in [2.45, 2.75) is 0 Å². The van der Waals surface area contributed by atoms with Crippen LogP contribution in [0.1, 0.15) is 0 Å². The lowest BCUT2D eigenvalue weighted by atomic mass is 10.0. The van der Waals surface area contributed by atoms with Crippen LogP contribution in [-0.4, -0.2) is 9.97 Å². The molecule has 0 amide bonds. The second-order valence-corrected chi connectivity index (χ2v) is 6.68. The van der Waals surface area contributed by atoms with Gasteiger partial charge < -0.3 is 0 Å². The summed E-state index contributed by atoms with van der Waals surface area (Å²) in [4.78, 5) is 9.94. The predicted molar refractivity (Wildman–Crippen MR) is 111 cm³/mol. The first-order chi connectivity index (χ1) is 12.3. The van der Waals surface area contributed by atoms with Gasteiger partial charge in [-0.3, -0.25) is 0 Å². The lowest BCUT2D eigenvalue weighted by Crippen LogP contribution is -2.00. The average molecular weight is 434 g/mol. The third-order valence-corrected chi connectivity index (χ3v) is 4.75. The van der Waals surface area contributed by atoms with E-state index in [1.54, 1.807) is 0 Å². The molecule has 3 heteroatoms. The Morgan fingerprint density at radius 1 is 0.440 bits per heavy atom. The molecule has 0 saturated carbocycles. The number of hydrogen-bond donors (Lipinski definition) is 0. The molecule has 0 aliphatic carbocycles. The van der Waals surface area contributed by atoms with Crippen LogP contribution >= 0.6 is 22.6 Å². The summed E-state index contributed by atoms with van der Waals surface area (Å²) in [5.41, 5.74) is 5.96. The van der Waals surface area contributed by atoms with Gasteiger partial charge in [0.2, 0.25) is 0 Å². The van der Waals surface area contributed by atoms with Gasteiger partial charge in [0, 0.05) is 16.7 Å². The van der Waals surface area contributed by atoms with E-state index in [-0.39, 0.29) is 0 Å². The van der Waals surface area contributed by atoms with Crippen molar-refractivity contribution in [2.75, 3.05) is 0 Å². The Bertz CT molecular complexity index is 984. The van der Waals surface area contributed by atoms with Crippen LogP contribution in [0.25, 0.3) is 33.8 Å². The van der Waals surface area contributed by atoms with Crippen molar-refractivity contribution in [3.8, 4) is 33.8 Å². The van der Waals surface area contributed by atoms with Gasteiger partial charge in [0.15, 0.2) is 0 Å². The molecule has 0 atom stereocenters. The quantitative estimate of drug-likeness (QED) is 0.365. The molecule has 4 rings (SSSR count). The van der Waals surface area contributed by atoms with Gasteiger partial charge in [-0.25, -0.2) is 9.97 Å². The summed E-state index contributed by atoms with van der Waals surface area (Å²) in [7, 11) is 0. The van der Waals surface area contributed by atoms with E-state index < -0.39 is 0 Å². The fraction of sp³-hybridized carbons (Fsp3) is 0. The maximum atomic E-state index is 5.02. The average Bonchev–Trinajstić information content (AvgIpc) is 2.70. The standard InChI is InChI=1S/C22H15IN2/c23-22-21(18-14-8-3-9-15-18)24-19(16-10-4-1-5-11-16)20(25-22)17-12-6-2-7-13-17/h1-15H. The zero-order valence-electron chi connectivity index (χ0n) is 13.4. The van der Waals surface area contributed by atoms with Crippen LogP contribution in [0.5, 0.6) is 0 Å². The Labute approximate surface area is 160 Å². The third kappa shape index (κ3) is 3.33. The van der Waals surface area contributed by atoms with Crippen molar-refractivity contribution in [2.24, 2.45) is 0 Å². The molecule has 1 aromatic heterocycles. The van der Waals surface area contributed by atoms with Crippen LogP contribution in [0, 0.1) is 3.70 Å². The Morgan fingerprint density at radius 3 is 1.24 bits per heavy atom. The monoisotopic (exact) mass is 434 g/mol. The molecule has 120 valence electrons. The normalized spacial score (nSPS) is 10.6. The fourth-order valence-electron chi connectivity index (χ4n) is 2.79. The van der Waals surface area contributed by atoms with Crippen molar-refractivity contribution in [1.82, 2.24) is 9.97 Å². The number of nitrogens with zero attached hydrogens (tertiary/aromatic N) is 2. The van der Waals surface area contributed by atoms with Crippen LogP contribution in [0.15, 0.2) is 91.0 Å². The van der Waals surface area contributed by atoms with E-state index in [1.165, 1.54) is 0 Å². The van der Waals surface area contributed by atoms with Gasteiger partial charge >= 0.3 is 0 Å². The summed E-state index contributed by atoms with van der Waals surface area (Å²) in [5.74, 6) is 0. The van der Waals surface area contributed by atoms with E-state index in [0.29, 0.717) is 0 Å². The molecular weight excluding hydrogens is 419 g/mol. The van der Waals surface area contributed by atoms with E-state index in [9.17, 15) is 0 Å². The molecule has 0 unspecified atom stereocenters. The first-order valence-corrected chi connectivity index (χ1v) is 9.14. The molecule has 0 fully saturated rings. The van der Waals surface area contributed by atoms with Gasteiger partial charge in [0.05, 0.1) is 11.4 Å². The highest BCUT2D eigenvalue weighted by molar-refractivity contribution is 14.1. The van der Waals surface area contributed by atoms with E-state index in [4.69, 9.17) is 9.97 Å². The number of benzene rings is 3. The Kier molecular flexibility index (Phi) is 4.57. The molecule has 1 heterocycles. The first kappa shape index (κ1) is 16.0. The highest BCUT2D eigenvalue weighted by atomic mass is 127. The minimum absolute atomic E-state index is 0.905. The molecule has 0 aliphatic rings. The maximum absolute atomic E-state index is 5.02. The summed E-state index contributed by atoms with van der Waals surface area (Å²) >= 11 is 2.28. The van der Waals surface area contributed by atoms with Crippen molar-refractivity contribution >= 4 is 22.6 Å². The minimum Gasteiger partial charge on any atom is -0.243 e. The van der Waals surface area contributed by atoms with E-state index >= 15 is 0 Å². The number of rotatable bonds is 3. The molecule has 0 spiro atoms. The third-order valence-electron chi connectivity index (χ3n) is 3.99. The van der Waals surface area contributed by atoms with Crippen molar-refractivity contribution in [3.05, 3.63) is 94.7 Å². The maximum Gasteiger partial charge on any atom is 0.128 e. The van der Waals surface area contributed by atoms with E-state index in [0.717, 1.165) is 37.5 Å². The van der Waals surface area contributed by atoms with Crippen molar-refractivity contribution in [3.63, 3.8) is 0 Å². The topological polar surface area (TPSA) is 25.8 Å². The van der Waals surface area contributed by atoms with Crippen LogP contribution in [0.4, 0.5) is 0 Å². The molecule has 4 aromatic rings. The lowest BCUT2D eigenvalue weighted by Gasteiger charge is -2.13. The second-order valence-electron chi connectivity index (χ2n) is 5.66. The molecule has 0 bridgehead atoms. The van der Waals surface area contributed by atoms with Crippen molar-refractivity contribution in [1.29, 1.82) is 0 Å². The Balaban J connectivity index is 1.98. The highest BCUT2D eigenvalue weighted by Gasteiger charge is 2.16. The zero-order valence-corrected chi connectivity index (χ0v) is 15.6. The Morgan fingerprint density at radius 2 is 0.800 bits per heavy atom. The second kappa shape index (κ2) is 7.15. The molecule has 0 aliphatic heterocycles. The van der Waals surface area contributed by atoms with Gasteiger partial charge in [-0.15, -0.1) is 0 Å².